The van der Waals surface area contributed by atoms with E-state index in [2.05, 4.69) is 71.2 Å². The molecule has 1 unspecified atom stereocenters. The van der Waals surface area contributed by atoms with Gasteiger partial charge in [0, 0.05) is 34.9 Å². The molecule has 3 saturated heterocycles. The molecule has 26 heavy (non-hydrogen) atoms. The van der Waals surface area contributed by atoms with Crippen LogP contribution in [-0.4, -0.2) is 42.3 Å². The summed E-state index contributed by atoms with van der Waals surface area (Å²) in [5, 5.41) is 11.0. The van der Waals surface area contributed by atoms with Crippen LogP contribution in [0.3, 0.4) is 0 Å². The molecule has 0 radical (unpaired) electrons. The number of fused-ring (bicyclic) bond motifs is 5. The molecule has 0 saturated carbocycles. The average molecular weight is 362 g/mol. The number of anilines is 2. The van der Waals surface area contributed by atoms with Gasteiger partial charge in [0.05, 0.1) is 11.4 Å². The van der Waals surface area contributed by atoms with E-state index in [4.69, 9.17) is 0 Å². The number of aliphatic hydroxyl groups is 1. The fourth-order valence-corrected chi connectivity index (χ4v) is 5.57. The smallest absolute Gasteiger partial charge is 0.141 e. The molecule has 1 atom stereocenters. The Bertz CT molecular complexity index is 923. The monoisotopic (exact) mass is 362 g/mol. The summed E-state index contributed by atoms with van der Waals surface area (Å²) >= 11 is 1.79. The predicted molar refractivity (Wildman–Crippen MR) is 106 cm³/mol. The summed E-state index contributed by atoms with van der Waals surface area (Å²) in [6.07, 6.45) is 2.12. The minimum atomic E-state index is -0.844. The van der Waals surface area contributed by atoms with Gasteiger partial charge in [-0.25, -0.2) is 0 Å². The maximum atomic E-state index is 11.0. The van der Waals surface area contributed by atoms with E-state index in [9.17, 15) is 5.11 Å². The maximum absolute atomic E-state index is 11.0. The third-order valence-corrected chi connectivity index (χ3v) is 7.03. The van der Waals surface area contributed by atoms with Crippen molar-refractivity contribution in [2.24, 2.45) is 5.92 Å². The SMILES string of the molecule is CN1c2ccccc2Sc2cc(C#CC3(O)CN4CCC3CC4)ccc21. The highest BCUT2D eigenvalue weighted by molar-refractivity contribution is 7.99. The van der Waals surface area contributed by atoms with E-state index in [1.54, 1.807) is 11.8 Å². The highest BCUT2D eigenvalue weighted by Gasteiger charge is 2.44. The highest BCUT2D eigenvalue weighted by Crippen LogP contribution is 2.47. The number of hydrogen-bond acceptors (Lipinski definition) is 4. The first-order valence-electron chi connectivity index (χ1n) is 9.25. The summed E-state index contributed by atoms with van der Waals surface area (Å²) in [4.78, 5) is 7.06. The van der Waals surface area contributed by atoms with Crippen LogP contribution < -0.4 is 4.90 Å². The maximum Gasteiger partial charge on any atom is 0.141 e. The van der Waals surface area contributed by atoms with Crippen molar-refractivity contribution in [1.82, 2.24) is 4.90 Å². The van der Waals surface area contributed by atoms with Crippen molar-refractivity contribution in [1.29, 1.82) is 0 Å². The Hall–Kier alpha value is -1.93. The summed E-state index contributed by atoms with van der Waals surface area (Å²) in [6, 6.07) is 14.8. The molecule has 3 nitrogen and oxygen atoms in total. The zero-order chi connectivity index (χ0) is 17.7. The molecule has 3 fully saturated rings. The molecule has 4 aliphatic heterocycles. The molecule has 0 aliphatic carbocycles. The molecule has 132 valence electrons. The van der Waals surface area contributed by atoms with Gasteiger partial charge >= 0.3 is 0 Å². The molecule has 0 aromatic heterocycles. The van der Waals surface area contributed by atoms with Gasteiger partial charge in [-0.1, -0.05) is 35.7 Å². The van der Waals surface area contributed by atoms with Crippen LogP contribution in [0.15, 0.2) is 52.3 Å². The van der Waals surface area contributed by atoms with Crippen LogP contribution in [0.25, 0.3) is 0 Å². The minimum absolute atomic E-state index is 0.324. The molecular weight excluding hydrogens is 340 g/mol. The summed E-state index contributed by atoms with van der Waals surface area (Å²) in [7, 11) is 2.11. The molecule has 4 aliphatic rings. The second kappa shape index (κ2) is 6.06. The molecular formula is C22H22N2OS. The van der Waals surface area contributed by atoms with E-state index in [0.29, 0.717) is 12.5 Å². The number of piperidine rings is 3. The van der Waals surface area contributed by atoms with Crippen LogP contribution >= 0.6 is 11.8 Å². The van der Waals surface area contributed by atoms with Gasteiger partial charge < -0.3 is 10.0 Å². The Balaban J connectivity index is 1.45. The van der Waals surface area contributed by atoms with Crippen molar-refractivity contribution in [3.63, 3.8) is 0 Å². The third kappa shape index (κ3) is 2.63. The number of hydrogen-bond donors (Lipinski definition) is 1. The van der Waals surface area contributed by atoms with E-state index in [-0.39, 0.29) is 0 Å². The lowest BCUT2D eigenvalue weighted by atomic mass is 9.76. The van der Waals surface area contributed by atoms with Gasteiger partial charge in [0.1, 0.15) is 5.60 Å². The minimum Gasteiger partial charge on any atom is -0.376 e. The molecule has 2 bridgehead atoms. The van der Waals surface area contributed by atoms with Crippen molar-refractivity contribution in [3.05, 3.63) is 48.0 Å². The van der Waals surface area contributed by atoms with Gasteiger partial charge in [-0.15, -0.1) is 0 Å². The zero-order valence-electron chi connectivity index (χ0n) is 14.9. The number of benzene rings is 2. The van der Waals surface area contributed by atoms with E-state index < -0.39 is 5.60 Å². The van der Waals surface area contributed by atoms with Crippen LogP contribution in [0, 0.1) is 17.8 Å². The van der Waals surface area contributed by atoms with Crippen LogP contribution in [-0.2, 0) is 0 Å². The number of rotatable bonds is 0. The second-order valence-electron chi connectivity index (χ2n) is 7.54. The standard InChI is InChI=1S/C22H22N2OS/c1-23-18-4-2-3-5-20(18)26-21-14-16(6-7-19(21)23)8-11-22(25)15-24-12-9-17(22)10-13-24/h2-7,14,17,25H,9-10,12-13,15H2,1H3. The van der Waals surface area contributed by atoms with Gasteiger partial charge in [0.2, 0.25) is 0 Å². The fraction of sp³-hybridized carbons (Fsp3) is 0.364. The average Bonchev–Trinajstić information content (AvgIpc) is 2.67. The lowest BCUT2D eigenvalue weighted by molar-refractivity contribution is -0.0713. The Morgan fingerprint density at radius 3 is 2.62 bits per heavy atom. The first kappa shape index (κ1) is 16.3. The highest BCUT2D eigenvalue weighted by atomic mass is 32.2. The molecule has 0 amide bonds. The van der Waals surface area contributed by atoms with Crippen molar-refractivity contribution in [3.8, 4) is 11.8 Å². The van der Waals surface area contributed by atoms with E-state index in [0.717, 1.165) is 31.5 Å². The lowest BCUT2D eigenvalue weighted by Gasteiger charge is -2.47. The Kier molecular flexibility index (Phi) is 3.79. The molecule has 4 heteroatoms. The largest absolute Gasteiger partial charge is 0.376 e. The van der Waals surface area contributed by atoms with E-state index in [1.807, 2.05) is 0 Å². The van der Waals surface area contributed by atoms with E-state index in [1.165, 1.54) is 21.2 Å². The van der Waals surface area contributed by atoms with Crippen molar-refractivity contribution in [2.45, 2.75) is 28.2 Å². The van der Waals surface area contributed by atoms with Gasteiger partial charge in [-0.2, -0.15) is 0 Å². The summed E-state index contributed by atoms with van der Waals surface area (Å²) < 4.78 is 0. The number of para-hydroxylation sites is 1. The quantitative estimate of drug-likeness (QED) is 0.723. The van der Waals surface area contributed by atoms with Crippen molar-refractivity contribution >= 4 is 23.1 Å². The molecule has 4 heterocycles. The van der Waals surface area contributed by atoms with Crippen LogP contribution in [0.5, 0.6) is 0 Å². The molecule has 0 spiro atoms. The first-order chi connectivity index (χ1) is 12.6. The fourth-order valence-electron chi connectivity index (χ4n) is 4.38. The second-order valence-corrected chi connectivity index (χ2v) is 8.62. The zero-order valence-corrected chi connectivity index (χ0v) is 15.7. The van der Waals surface area contributed by atoms with Gasteiger partial charge in [0.25, 0.3) is 0 Å². The summed E-state index contributed by atoms with van der Waals surface area (Å²) in [5.74, 6) is 6.82. The van der Waals surface area contributed by atoms with Gasteiger partial charge in [-0.05, 0) is 56.3 Å². The van der Waals surface area contributed by atoms with Gasteiger partial charge in [-0.3, -0.25) is 4.90 Å². The predicted octanol–water partition coefficient (Wildman–Crippen LogP) is 3.73. The molecule has 2 aromatic carbocycles. The Labute approximate surface area is 159 Å². The van der Waals surface area contributed by atoms with Crippen molar-refractivity contribution < 1.29 is 5.11 Å². The van der Waals surface area contributed by atoms with Crippen LogP contribution in [0.1, 0.15) is 18.4 Å². The Morgan fingerprint density at radius 2 is 1.85 bits per heavy atom. The number of nitrogens with zero attached hydrogens (tertiary/aromatic N) is 2. The summed E-state index contributed by atoms with van der Waals surface area (Å²) in [6.45, 7) is 2.91. The van der Waals surface area contributed by atoms with Gasteiger partial charge in [0.15, 0.2) is 0 Å². The lowest BCUT2D eigenvalue weighted by Crippen LogP contribution is -2.58. The van der Waals surface area contributed by atoms with E-state index >= 15 is 0 Å². The molecule has 6 rings (SSSR count). The Morgan fingerprint density at radius 1 is 1.08 bits per heavy atom. The summed E-state index contributed by atoms with van der Waals surface area (Å²) in [5.41, 5.74) is 2.59. The topological polar surface area (TPSA) is 26.7 Å². The van der Waals surface area contributed by atoms with Crippen LogP contribution in [0.2, 0.25) is 0 Å². The first-order valence-corrected chi connectivity index (χ1v) is 10.1. The van der Waals surface area contributed by atoms with Crippen LogP contribution in [0.4, 0.5) is 11.4 Å². The molecule has 2 aromatic rings. The molecule has 1 N–H and O–H groups in total. The van der Waals surface area contributed by atoms with Crippen molar-refractivity contribution in [2.75, 3.05) is 31.6 Å². The normalized spacial score (nSPS) is 28.8. The third-order valence-electron chi connectivity index (χ3n) is 5.92.